The van der Waals surface area contributed by atoms with Crippen molar-refractivity contribution in [2.24, 2.45) is 0 Å². The summed E-state index contributed by atoms with van der Waals surface area (Å²) in [5, 5.41) is 9.36. The number of phenolic OH excluding ortho intramolecular Hbond substituents is 1. The number of phenols is 1. The Hall–Kier alpha value is -2.18. The van der Waals surface area contributed by atoms with Gasteiger partial charge in [-0.05, 0) is 42.3 Å². The van der Waals surface area contributed by atoms with E-state index in [2.05, 4.69) is 4.98 Å². The van der Waals surface area contributed by atoms with Gasteiger partial charge >= 0.3 is 0 Å². The molecule has 0 radical (unpaired) electrons. The third kappa shape index (κ3) is 2.63. The molecule has 3 rings (SSSR count). The molecule has 0 aliphatic carbocycles. The summed E-state index contributed by atoms with van der Waals surface area (Å²) >= 11 is 6.59. The number of amides is 1. The summed E-state index contributed by atoms with van der Waals surface area (Å²) in [6.45, 7) is 1.87. The summed E-state index contributed by atoms with van der Waals surface area (Å²) in [6, 6.07) is 12.1. The van der Waals surface area contributed by atoms with Crippen molar-refractivity contribution in [1.29, 1.82) is 0 Å². The highest BCUT2D eigenvalue weighted by molar-refractivity contribution is 8.27. The molecule has 110 valence electrons. The van der Waals surface area contributed by atoms with E-state index in [4.69, 9.17) is 12.2 Å². The number of aromatic nitrogens is 1. The summed E-state index contributed by atoms with van der Waals surface area (Å²) in [7, 11) is 0. The molecule has 0 atom stereocenters. The van der Waals surface area contributed by atoms with Crippen LogP contribution in [0.1, 0.15) is 12.5 Å². The molecule has 0 bridgehead atoms. The lowest BCUT2D eigenvalue weighted by Gasteiger charge is -2.12. The molecule has 1 fully saturated rings. The number of hydrogen-bond acceptors (Lipinski definition) is 5. The predicted molar refractivity (Wildman–Crippen MR) is 92.6 cm³/mol. The minimum atomic E-state index is -0.167. The molecular weight excluding hydrogens is 316 g/mol. The number of thiocarbonyl (C=S) groups is 1. The lowest BCUT2D eigenvalue weighted by Crippen LogP contribution is -2.28. The summed E-state index contributed by atoms with van der Waals surface area (Å²) in [5.74, 6) is 0.551. The Labute approximate surface area is 137 Å². The second-order valence-corrected chi connectivity index (χ2v) is 6.34. The van der Waals surface area contributed by atoms with E-state index in [1.165, 1.54) is 16.7 Å². The van der Waals surface area contributed by atoms with Gasteiger partial charge in [0.15, 0.2) is 4.32 Å². The molecule has 1 N–H and O–H groups in total. The topological polar surface area (TPSA) is 53.4 Å². The van der Waals surface area contributed by atoms with E-state index in [1.807, 2.05) is 13.0 Å². The minimum absolute atomic E-state index is 0.167. The number of thioether (sulfide) groups is 1. The molecule has 2 heterocycles. The first kappa shape index (κ1) is 14.7. The lowest BCUT2D eigenvalue weighted by atomic mass is 10.1. The number of pyridine rings is 1. The zero-order chi connectivity index (χ0) is 15.7. The number of nitrogens with zero attached hydrogens (tertiary/aromatic N) is 2. The first-order chi connectivity index (χ1) is 10.6. The average molecular weight is 328 g/mol. The van der Waals surface area contributed by atoms with Crippen LogP contribution in [-0.4, -0.2) is 20.3 Å². The molecule has 1 amide bonds. The number of anilines is 1. The van der Waals surface area contributed by atoms with Crippen LogP contribution in [0.5, 0.6) is 5.75 Å². The van der Waals surface area contributed by atoms with Crippen molar-refractivity contribution in [3.8, 4) is 5.75 Å². The van der Waals surface area contributed by atoms with E-state index < -0.39 is 0 Å². The Bertz CT molecular complexity index is 770. The molecule has 1 aromatic carbocycles. The molecule has 1 aliphatic rings. The Balaban J connectivity index is 2.00. The molecule has 2 aromatic rings. The van der Waals surface area contributed by atoms with Gasteiger partial charge in [-0.2, -0.15) is 0 Å². The Kier molecular flexibility index (Phi) is 3.96. The van der Waals surface area contributed by atoms with E-state index in [0.717, 1.165) is 11.1 Å². The Morgan fingerprint density at radius 3 is 2.59 bits per heavy atom. The van der Waals surface area contributed by atoms with E-state index in [1.54, 1.807) is 42.6 Å². The van der Waals surface area contributed by atoms with Crippen LogP contribution in [0.4, 0.5) is 5.82 Å². The van der Waals surface area contributed by atoms with E-state index >= 15 is 0 Å². The SMILES string of the molecule is C/C(=C1/SC(=S)N(c2ccccn2)C1=O)c1ccc(O)cc1. The smallest absolute Gasteiger partial charge is 0.272 e. The number of carbonyl (C=O) groups is 1. The number of allylic oxidation sites excluding steroid dienone is 1. The summed E-state index contributed by atoms with van der Waals surface area (Å²) in [5.41, 5.74) is 1.70. The molecule has 0 unspecified atom stereocenters. The molecule has 1 aliphatic heterocycles. The van der Waals surface area contributed by atoms with Crippen LogP contribution in [0.2, 0.25) is 0 Å². The summed E-state index contributed by atoms with van der Waals surface area (Å²) < 4.78 is 0.469. The van der Waals surface area contributed by atoms with Crippen molar-refractivity contribution in [3.05, 3.63) is 59.1 Å². The maximum Gasteiger partial charge on any atom is 0.272 e. The monoisotopic (exact) mass is 328 g/mol. The first-order valence-corrected chi connectivity index (χ1v) is 7.78. The zero-order valence-corrected chi connectivity index (χ0v) is 13.3. The molecule has 6 heteroatoms. The molecule has 1 aromatic heterocycles. The predicted octanol–water partition coefficient (Wildman–Crippen LogP) is 3.58. The van der Waals surface area contributed by atoms with Crippen molar-refractivity contribution in [1.82, 2.24) is 4.98 Å². The number of benzene rings is 1. The maximum atomic E-state index is 12.7. The largest absolute Gasteiger partial charge is 0.508 e. The maximum absolute atomic E-state index is 12.7. The molecule has 1 saturated heterocycles. The zero-order valence-electron chi connectivity index (χ0n) is 11.7. The van der Waals surface area contributed by atoms with Crippen molar-refractivity contribution >= 4 is 45.6 Å². The van der Waals surface area contributed by atoms with Gasteiger partial charge in [-0.25, -0.2) is 9.88 Å². The Morgan fingerprint density at radius 1 is 1.23 bits per heavy atom. The normalized spacial score (nSPS) is 17.0. The number of aromatic hydroxyl groups is 1. The van der Waals surface area contributed by atoms with E-state index in [9.17, 15) is 9.90 Å². The van der Waals surface area contributed by atoms with Crippen LogP contribution in [0.25, 0.3) is 5.57 Å². The number of rotatable bonds is 2. The van der Waals surface area contributed by atoms with E-state index in [0.29, 0.717) is 15.0 Å². The summed E-state index contributed by atoms with van der Waals surface area (Å²) in [4.78, 5) is 18.9. The van der Waals surface area contributed by atoms with Gasteiger partial charge in [0.05, 0.1) is 4.91 Å². The van der Waals surface area contributed by atoms with Crippen LogP contribution in [0.3, 0.4) is 0 Å². The molecular formula is C16H12N2O2S2. The summed E-state index contributed by atoms with van der Waals surface area (Å²) in [6.07, 6.45) is 1.63. The molecule has 0 saturated carbocycles. The van der Waals surface area contributed by atoms with Crippen LogP contribution < -0.4 is 4.90 Å². The van der Waals surface area contributed by atoms with Gasteiger partial charge in [-0.3, -0.25) is 4.79 Å². The van der Waals surface area contributed by atoms with Crippen LogP contribution >= 0.6 is 24.0 Å². The molecule has 0 spiro atoms. The molecule has 22 heavy (non-hydrogen) atoms. The van der Waals surface area contributed by atoms with Crippen LogP contribution in [-0.2, 0) is 4.79 Å². The third-order valence-corrected chi connectivity index (χ3v) is 4.76. The van der Waals surface area contributed by atoms with Gasteiger partial charge in [-0.15, -0.1) is 0 Å². The standard InChI is InChI=1S/C16H12N2O2S2/c1-10(11-5-7-12(19)8-6-11)14-15(20)18(16(21)22-14)13-4-2-3-9-17-13/h2-9,19H,1H3/b14-10-. The fraction of sp³-hybridized carbons (Fsp3) is 0.0625. The van der Waals surface area contributed by atoms with Gasteiger partial charge in [0, 0.05) is 6.20 Å². The number of carbonyl (C=O) groups excluding carboxylic acids is 1. The van der Waals surface area contributed by atoms with Gasteiger partial charge < -0.3 is 5.11 Å². The third-order valence-electron chi connectivity index (χ3n) is 3.29. The quantitative estimate of drug-likeness (QED) is 0.674. The van der Waals surface area contributed by atoms with Gasteiger partial charge in [-0.1, -0.05) is 42.2 Å². The fourth-order valence-electron chi connectivity index (χ4n) is 2.12. The highest BCUT2D eigenvalue weighted by atomic mass is 32.2. The lowest BCUT2D eigenvalue weighted by molar-refractivity contribution is -0.113. The fourth-order valence-corrected chi connectivity index (χ4v) is 3.44. The second kappa shape index (κ2) is 5.90. The highest BCUT2D eigenvalue weighted by Crippen LogP contribution is 2.38. The van der Waals surface area contributed by atoms with Crippen LogP contribution in [0, 0.1) is 0 Å². The second-order valence-electron chi connectivity index (χ2n) is 4.70. The van der Waals surface area contributed by atoms with Crippen molar-refractivity contribution in [3.63, 3.8) is 0 Å². The van der Waals surface area contributed by atoms with Crippen LogP contribution in [0.15, 0.2) is 53.6 Å². The van der Waals surface area contributed by atoms with Crippen molar-refractivity contribution in [2.75, 3.05) is 4.90 Å². The van der Waals surface area contributed by atoms with E-state index in [-0.39, 0.29) is 11.7 Å². The number of hydrogen-bond donors (Lipinski definition) is 1. The van der Waals surface area contributed by atoms with Crippen molar-refractivity contribution < 1.29 is 9.90 Å². The minimum Gasteiger partial charge on any atom is -0.508 e. The first-order valence-electron chi connectivity index (χ1n) is 6.55. The average Bonchev–Trinajstić information content (AvgIpc) is 2.83. The Morgan fingerprint density at radius 2 is 1.95 bits per heavy atom. The van der Waals surface area contributed by atoms with Gasteiger partial charge in [0.25, 0.3) is 5.91 Å². The molecule has 4 nitrogen and oxygen atoms in total. The van der Waals surface area contributed by atoms with Gasteiger partial charge in [0.2, 0.25) is 0 Å². The van der Waals surface area contributed by atoms with Crippen molar-refractivity contribution in [2.45, 2.75) is 6.92 Å². The van der Waals surface area contributed by atoms with Gasteiger partial charge in [0.1, 0.15) is 11.6 Å². The highest BCUT2D eigenvalue weighted by Gasteiger charge is 2.35.